The van der Waals surface area contributed by atoms with Gasteiger partial charge >= 0.3 is 0 Å². The largest absolute Gasteiger partial charge is 0.391 e. The van der Waals surface area contributed by atoms with Crippen molar-refractivity contribution in [2.75, 3.05) is 6.54 Å². The molecule has 1 amide bonds. The van der Waals surface area contributed by atoms with E-state index in [9.17, 15) is 14.3 Å². The van der Waals surface area contributed by atoms with E-state index < -0.39 is 6.10 Å². The van der Waals surface area contributed by atoms with E-state index in [1.54, 1.807) is 24.5 Å². The first kappa shape index (κ1) is 16.2. The van der Waals surface area contributed by atoms with Gasteiger partial charge in [-0.2, -0.15) is 0 Å². The number of aromatic nitrogens is 1. The van der Waals surface area contributed by atoms with Crippen molar-refractivity contribution in [1.29, 1.82) is 0 Å². The van der Waals surface area contributed by atoms with Gasteiger partial charge in [0.2, 0.25) is 0 Å². The Kier molecular flexibility index (Phi) is 5.33. The molecule has 3 N–H and O–H groups in total. The number of aromatic amines is 1. The number of H-pyrrole nitrogens is 1. The Bertz CT molecular complexity index is 622. The zero-order valence-electron chi connectivity index (χ0n) is 12.8. The molecule has 2 atom stereocenters. The molecule has 5 heteroatoms. The van der Waals surface area contributed by atoms with Crippen LogP contribution in [-0.4, -0.2) is 28.6 Å². The summed E-state index contributed by atoms with van der Waals surface area (Å²) in [5.74, 6) is -0.451. The second-order valence-corrected chi connectivity index (χ2v) is 5.45. The fraction of sp³-hybridized carbons (Fsp3) is 0.353. The van der Waals surface area contributed by atoms with E-state index in [4.69, 9.17) is 0 Å². The molecule has 1 aromatic carbocycles. The molecule has 0 radical (unpaired) electrons. The quantitative estimate of drug-likeness (QED) is 0.768. The van der Waals surface area contributed by atoms with E-state index in [1.165, 1.54) is 12.1 Å². The average Bonchev–Trinajstić information content (AvgIpc) is 3.01. The molecule has 0 saturated carbocycles. The minimum atomic E-state index is -0.567. The van der Waals surface area contributed by atoms with Gasteiger partial charge in [-0.15, -0.1) is 0 Å². The summed E-state index contributed by atoms with van der Waals surface area (Å²) in [6.07, 6.45) is 3.58. The van der Waals surface area contributed by atoms with E-state index in [-0.39, 0.29) is 24.2 Å². The molecule has 1 heterocycles. The number of aliphatic hydroxyl groups is 1. The third kappa shape index (κ3) is 3.74. The Morgan fingerprint density at radius 2 is 2.00 bits per heavy atom. The first-order valence-electron chi connectivity index (χ1n) is 7.42. The molecule has 0 saturated heterocycles. The highest BCUT2D eigenvalue weighted by atomic mass is 19.1. The summed E-state index contributed by atoms with van der Waals surface area (Å²) >= 11 is 0. The lowest BCUT2D eigenvalue weighted by Gasteiger charge is -2.17. The highest BCUT2D eigenvalue weighted by Gasteiger charge is 2.17. The van der Waals surface area contributed by atoms with Crippen LogP contribution < -0.4 is 5.32 Å². The van der Waals surface area contributed by atoms with Gasteiger partial charge in [0.1, 0.15) is 5.82 Å². The zero-order valence-corrected chi connectivity index (χ0v) is 12.8. The van der Waals surface area contributed by atoms with E-state index in [1.807, 2.05) is 13.8 Å². The summed E-state index contributed by atoms with van der Waals surface area (Å²) in [7, 11) is 0. The number of nitrogens with one attached hydrogen (secondary N) is 2. The third-order valence-corrected chi connectivity index (χ3v) is 3.92. The molecule has 0 aliphatic heterocycles. The number of benzene rings is 1. The molecule has 0 aliphatic carbocycles. The highest BCUT2D eigenvalue weighted by molar-refractivity contribution is 6.00. The third-order valence-electron chi connectivity index (χ3n) is 3.92. The van der Waals surface area contributed by atoms with Crippen LogP contribution in [0.15, 0.2) is 36.7 Å². The van der Waals surface area contributed by atoms with Crippen LogP contribution in [-0.2, 0) is 0 Å². The van der Waals surface area contributed by atoms with Gasteiger partial charge in [-0.05, 0) is 23.6 Å². The van der Waals surface area contributed by atoms with Gasteiger partial charge in [0.15, 0.2) is 0 Å². The Morgan fingerprint density at radius 1 is 1.32 bits per heavy atom. The molecule has 0 fully saturated rings. The van der Waals surface area contributed by atoms with Crippen LogP contribution in [0.3, 0.4) is 0 Å². The van der Waals surface area contributed by atoms with Crippen LogP contribution in [0, 0.1) is 11.7 Å². The molecule has 0 spiro atoms. The lowest BCUT2D eigenvalue weighted by atomic mass is 10.0. The van der Waals surface area contributed by atoms with Gasteiger partial charge < -0.3 is 15.4 Å². The number of carbonyl (C=O) groups excluding carboxylic acids is 1. The fourth-order valence-corrected chi connectivity index (χ4v) is 2.19. The van der Waals surface area contributed by atoms with Gasteiger partial charge in [-0.25, -0.2) is 4.39 Å². The zero-order chi connectivity index (χ0) is 16.1. The van der Waals surface area contributed by atoms with E-state index in [2.05, 4.69) is 10.3 Å². The van der Waals surface area contributed by atoms with Crippen LogP contribution in [0.2, 0.25) is 0 Å². The monoisotopic (exact) mass is 304 g/mol. The molecule has 0 aliphatic rings. The SMILES string of the molecule is CCC(C)C(O)CNC(=O)c1c[nH]cc1-c1ccc(F)cc1. The lowest BCUT2D eigenvalue weighted by Crippen LogP contribution is -2.35. The molecular weight excluding hydrogens is 283 g/mol. The van der Waals surface area contributed by atoms with Crippen molar-refractivity contribution < 1.29 is 14.3 Å². The first-order valence-corrected chi connectivity index (χ1v) is 7.42. The van der Waals surface area contributed by atoms with Crippen LogP contribution in [0.1, 0.15) is 30.6 Å². The second-order valence-electron chi connectivity index (χ2n) is 5.45. The van der Waals surface area contributed by atoms with Crippen molar-refractivity contribution in [2.45, 2.75) is 26.4 Å². The van der Waals surface area contributed by atoms with E-state index in [0.29, 0.717) is 11.1 Å². The summed E-state index contributed by atoms with van der Waals surface area (Å²) in [5, 5.41) is 12.7. The number of hydrogen-bond acceptors (Lipinski definition) is 2. The van der Waals surface area contributed by atoms with Gasteiger partial charge in [-0.3, -0.25) is 4.79 Å². The maximum absolute atomic E-state index is 13.0. The molecule has 1 aromatic heterocycles. The Labute approximate surface area is 129 Å². The summed E-state index contributed by atoms with van der Waals surface area (Å²) < 4.78 is 13.0. The molecule has 2 aromatic rings. The van der Waals surface area contributed by atoms with Gasteiger partial charge in [0.05, 0.1) is 11.7 Å². The summed E-state index contributed by atoms with van der Waals surface area (Å²) in [6, 6.07) is 5.97. The van der Waals surface area contributed by atoms with Gasteiger partial charge in [0, 0.05) is 24.5 Å². The second kappa shape index (κ2) is 7.22. The smallest absolute Gasteiger partial charge is 0.253 e. The average molecular weight is 304 g/mol. The van der Waals surface area contributed by atoms with E-state index >= 15 is 0 Å². The standard InChI is InChI=1S/C17H21FN2O2/c1-3-11(2)16(21)10-20-17(22)15-9-19-8-14(15)12-4-6-13(18)7-5-12/h4-9,11,16,19,21H,3,10H2,1-2H3,(H,20,22). The minimum Gasteiger partial charge on any atom is -0.391 e. The normalized spacial score (nSPS) is 13.6. The lowest BCUT2D eigenvalue weighted by molar-refractivity contribution is 0.0851. The molecule has 118 valence electrons. The molecule has 2 unspecified atom stereocenters. The Balaban J connectivity index is 2.08. The predicted molar refractivity (Wildman–Crippen MR) is 84.0 cm³/mol. The number of carbonyl (C=O) groups is 1. The number of hydrogen-bond donors (Lipinski definition) is 3. The van der Waals surface area contributed by atoms with E-state index in [0.717, 1.165) is 12.0 Å². The Morgan fingerprint density at radius 3 is 2.64 bits per heavy atom. The van der Waals surface area contributed by atoms with Crippen LogP contribution in [0.4, 0.5) is 4.39 Å². The fourth-order valence-electron chi connectivity index (χ4n) is 2.19. The van der Waals surface area contributed by atoms with Crippen molar-refractivity contribution in [3.63, 3.8) is 0 Å². The summed E-state index contributed by atoms with van der Waals surface area (Å²) in [6.45, 7) is 4.15. The number of amides is 1. The maximum Gasteiger partial charge on any atom is 0.253 e. The molecular formula is C17H21FN2O2. The maximum atomic E-state index is 13.0. The van der Waals surface area contributed by atoms with Crippen molar-refractivity contribution in [2.24, 2.45) is 5.92 Å². The van der Waals surface area contributed by atoms with Gasteiger partial charge in [0.25, 0.3) is 5.91 Å². The van der Waals surface area contributed by atoms with Crippen LogP contribution >= 0.6 is 0 Å². The number of halogens is 1. The molecule has 2 rings (SSSR count). The van der Waals surface area contributed by atoms with Crippen molar-refractivity contribution >= 4 is 5.91 Å². The van der Waals surface area contributed by atoms with Crippen LogP contribution in [0.5, 0.6) is 0 Å². The minimum absolute atomic E-state index is 0.128. The number of aliphatic hydroxyl groups excluding tert-OH is 1. The van der Waals surface area contributed by atoms with Gasteiger partial charge in [-0.1, -0.05) is 32.4 Å². The molecule has 4 nitrogen and oxygen atoms in total. The van der Waals surface area contributed by atoms with Crippen LogP contribution in [0.25, 0.3) is 11.1 Å². The van der Waals surface area contributed by atoms with Crippen molar-refractivity contribution in [3.05, 3.63) is 48.0 Å². The summed E-state index contributed by atoms with van der Waals surface area (Å²) in [4.78, 5) is 15.2. The predicted octanol–water partition coefficient (Wildman–Crippen LogP) is 2.96. The highest BCUT2D eigenvalue weighted by Crippen LogP contribution is 2.23. The Hall–Kier alpha value is -2.14. The topological polar surface area (TPSA) is 65.1 Å². The molecule has 22 heavy (non-hydrogen) atoms. The number of rotatable bonds is 6. The van der Waals surface area contributed by atoms with Crippen molar-refractivity contribution in [3.8, 4) is 11.1 Å². The van der Waals surface area contributed by atoms with Crippen molar-refractivity contribution in [1.82, 2.24) is 10.3 Å². The summed E-state index contributed by atoms with van der Waals surface area (Å²) in [5.41, 5.74) is 1.94. The molecule has 0 bridgehead atoms. The first-order chi connectivity index (χ1) is 10.5.